The van der Waals surface area contributed by atoms with Crippen LogP contribution in [-0.2, 0) is 4.79 Å². The summed E-state index contributed by atoms with van der Waals surface area (Å²) in [7, 11) is 0. The van der Waals surface area contributed by atoms with E-state index < -0.39 is 0 Å². The summed E-state index contributed by atoms with van der Waals surface area (Å²) in [5, 5.41) is 2.79. The summed E-state index contributed by atoms with van der Waals surface area (Å²) in [6, 6.07) is 7.42. The maximum atomic E-state index is 11.9. The molecule has 23 heavy (non-hydrogen) atoms. The number of hydrogen-bond acceptors (Lipinski definition) is 4. The van der Waals surface area contributed by atoms with Crippen LogP contribution in [0.1, 0.15) is 25.5 Å². The van der Waals surface area contributed by atoms with Crippen LogP contribution in [0.15, 0.2) is 47.2 Å². The molecule has 3 heterocycles. The molecule has 0 atom stereocenters. The summed E-state index contributed by atoms with van der Waals surface area (Å²) in [6.45, 7) is 4.39. The molecule has 0 saturated carbocycles. The number of rotatable bonds is 4. The fourth-order valence-corrected chi connectivity index (χ4v) is 2.61. The number of anilines is 2. The standard InChI is InChI=1S/C18H21N3O2/c1-14-8-10-21(11-9-14)17-6-4-15(13-19-17)20-18(22)7-5-16-3-2-12-23-16/h2-7,12-14H,8-11H2,1H3,(H,20,22)/b7-5+. The van der Waals surface area contributed by atoms with Crippen LogP contribution >= 0.6 is 0 Å². The molecule has 1 aliphatic heterocycles. The first kappa shape index (κ1) is 15.3. The van der Waals surface area contributed by atoms with Gasteiger partial charge in [0, 0.05) is 19.2 Å². The Morgan fingerprint density at radius 2 is 2.17 bits per heavy atom. The van der Waals surface area contributed by atoms with E-state index in [1.165, 1.54) is 18.9 Å². The largest absolute Gasteiger partial charge is 0.465 e. The molecule has 5 nitrogen and oxygen atoms in total. The van der Waals surface area contributed by atoms with Gasteiger partial charge in [0.1, 0.15) is 11.6 Å². The molecular weight excluding hydrogens is 290 g/mol. The second-order valence-electron chi connectivity index (χ2n) is 5.91. The van der Waals surface area contributed by atoms with Gasteiger partial charge in [-0.05, 0) is 49.1 Å². The molecule has 1 aliphatic rings. The average Bonchev–Trinajstić information content (AvgIpc) is 3.08. The summed E-state index contributed by atoms with van der Waals surface area (Å²) in [5.74, 6) is 2.21. The quantitative estimate of drug-likeness (QED) is 0.877. The van der Waals surface area contributed by atoms with E-state index in [9.17, 15) is 4.79 Å². The minimum atomic E-state index is -0.206. The fourth-order valence-electron chi connectivity index (χ4n) is 2.61. The molecule has 1 amide bonds. The second-order valence-corrected chi connectivity index (χ2v) is 5.91. The lowest BCUT2D eigenvalue weighted by Crippen LogP contribution is -2.33. The van der Waals surface area contributed by atoms with Crippen molar-refractivity contribution >= 4 is 23.5 Å². The Morgan fingerprint density at radius 3 is 2.83 bits per heavy atom. The molecule has 0 aliphatic carbocycles. The lowest BCUT2D eigenvalue weighted by Gasteiger charge is -2.31. The third kappa shape index (κ3) is 4.22. The SMILES string of the molecule is CC1CCN(c2ccc(NC(=O)/C=C/c3ccco3)cn2)CC1. The van der Waals surface area contributed by atoms with E-state index in [0.29, 0.717) is 11.4 Å². The topological polar surface area (TPSA) is 58.4 Å². The number of nitrogens with zero attached hydrogens (tertiary/aromatic N) is 2. The number of hydrogen-bond donors (Lipinski definition) is 1. The summed E-state index contributed by atoms with van der Waals surface area (Å²) >= 11 is 0. The Bertz CT molecular complexity index is 654. The maximum absolute atomic E-state index is 11.9. The van der Waals surface area contributed by atoms with Crippen molar-refractivity contribution in [3.63, 3.8) is 0 Å². The molecule has 2 aromatic rings. The second kappa shape index (κ2) is 7.13. The van der Waals surface area contributed by atoms with Gasteiger partial charge in [0.25, 0.3) is 0 Å². The molecule has 0 unspecified atom stereocenters. The summed E-state index contributed by atoms with van der Waals surface area (Å²) in [4.78, 5) is 18.6. The van der Waals surface area contributed by atoms with E-state index in [2.05, 4.69) is 22.1 Å². The van der Waals surface area contributed by atoms with Crippen LogP contribution in [0, 0.1) is 5.92 Å². The zero-order valence-electron chi connectivity index (χ0n) is 13.2. The van der Waals surface area contributed by atoms with Crippen molar-refractivity contribution in [1.82, 2.24) is 4.98 Å². The van der Waals surface area contributed by atoms with Gasteiger partial charge in [0.15, 0.2) is 0 Å². The minimum Gasteiger partial charge on any atom is -0.465 e. The lowest BCUT2D eigenvalue weighted by atomic mass is 9.99. The van der Waals surface area contributed by atoms with E-state index in [-0.39, 0.29) is 5.91 Å². The molecule has 1 fully saturated rings. The third-order valence-electron chi connectivity index (χ3n) is 4.07. The highest BCUT2D eigenvalue weighted by atomic mass is 16.3. The van der Waals surface area contributed by atoms with Gasteiger partial charge < -0.3 is 14.6 Å². The minimum absolute atomic E-state index is 0.206. The third-order valence-corrected chi connectivity index (χ3v) is 4.07. The Labute approximate surface area is 136 Å². The molecule has 120 valence electrons. The first-order chi connectivity index (χ1) is 11.2. The van der Waals surface area contributed by atoms with Gasteiger partial charge in [-0.2, -0.15) is 0 Å². The van der Waals surface area contributed by atoms with E-state index in [0.717, 1.165) is 24.8 Å². The van der Waals surface area contributed by atoms with E-state index >= 15 is 0 Å². The first-order valence-corrected chi connectivity index (χ1v) is 7.94. The highest BCUT2D eigenvalue weighted by molar-refractivity contribution is 6.01. The van der Waals surface area contributed by atoms with Crippen molar-refractivity contribution in [2.45, 2.75) is 19.8 Å². The van der Waals surface area contributed by atoms with Crippen LogP contribution in [-0.4, -0.2) is 24.0 Å². The molecule has 0 aromatic carbocycles. The van der Waals surface area contributed by atoms with Gasteiger partial charge in [-0.25, -0.2) is 4.98 Å². The number of pyridine rings is 1. The van der Waals surface area contributed by atoms with Crippen LogP contribution in [0.25, 0.3) is 6.08 Å². The Hall–Kier alpha value is -2.56. The summed E-state index contributed by atoms with van der Waals surface area (Å²) in [5.41, 5.74) is 0.688. The van der Waals surface area contributed by atoms with Gasteiger partial charge in [-0.15, -0.1) is 0 Å². The smallest absolute Gasteiger partial charge is 0.248 e. The van der Waals surface area contributed by atoms with Gasteiger partial charge in [0.05, 0.1) is 18.1 Å². The van der Waals surface area contributed by atoms with Crippen LogP contribution in [0.3, 0.4) is 0 Å². The number of aromatic nitrogens is 1. The highest BCUT2D eigenvalue weighted by Crippen LogP contribution is 2.22. The summed E-state index contributed by atoms with van der Waals surface area (Å²) < 4.78 is 5.14. The van der Waals surface area contributed by atoms with Crippen LogP contribution in [0.4, 0.5) is 11.5 Å². The number of carbonyl (C=O) groups excluding carboxylic acids is 1. The lowest BCUT2D eigenvalue weighted by molar-refractivity contribution is -0.111. The predicted octanol–water partition coefficient (Wildman–Crippen LogP) is 3.56. The normalized spacial score (nSPS) is 16.0. The number of amides is 1. The average molecular weight is 311 g/mol. The highest BCUT2D eigenvalue weighted by Gasteiger charge is 2.16. The van der Waals surface area contributed by atoms with E-state index in [4.69, 9.17) is 4.42 Å². The van der Waals surface area contributed by atoms with Crippen LogP contribution < -0.4 is 10.2 Å². The zero-order chi connectivity index (χ0) is 16.1. The molecule has 1 N–H and O–H groups in total. The number of furan rings is 1. The monoisotopic (exact) mass is 311 g/mol. The number of piperidine rings is 1. The van der Waals surface area contributed by atoms with Crippen LogP contribution in [0.2, 0.25) is 0 Å². The predicted molar refractivity (Wildman–Crippen MR) is 91.2 cm³/mol. The molecule has 3 rings (SSSR count). The van der Waals surface area contributed by atoms with E-state index in [1.807, 2.05) is 12.1 Å². The molecule has 0 spiro atoms. The fraction of sp³-hybridized carbons (Fsp3) is 0.333. The Kier molecular flexibility index (Phi) is 4.76. The van der Waals surface area contributed by atoms with E-state index in [1.54, 1.807) is 30.7 Å². The Morgan fingerprint density at radius 1 is 1.35 bits per heavy atom. The molecule has 0 radical (unpaired) electrons. The van der Waals surface area contributed by atoms with Crippen molar-refractivity contribution in [2.24, 2.45) is 5.92 Å². The van der Waals surface area contributed by atoms with Crippen molar-refractivity contribution in [1.29, 1.82) is 0 Å². The Balaban J connectivity index is 1.56. The first-order valence-electron chi connectivity index (χ1n) is 7.94. The molecule has 5 heteroatoms. The van der Waals surface area contributed by atoms with Gasteiger partial charge in [-0.3, -0.25) is 4.79 Å². The van der Waals surface area contributed by atoms with Crippen molar-refractivity contribution in [3.8, 4) is 0 Å². The van der Waals surface area contributed by atoms with Crippen molar-refractivity contribution in [3.05, 3.63) is 48.6 Å². The summed E-state index contributed by atoms with van der Waals surface area (Å²) in [6.07, 6.45) is 8.76. The van der Waals surface area contributed by atoms with Crippen molar-refractivity contribution in [2.75, 3.05) is 23.3 Å². The number of nitrogens with one attached hydrogen (secondary N) is 1. The van der Waals surface area contributed by atoms with Gasteiger partial charge in [-0.1, -0.05) is 6.92 Å². The molecule has 2 aromatic heterocycles. The number of carbonyl (C=O) groups is 1. The molecular formula is C18H21N3O2. The van der Waals surface area contributed by atoms with Crippen LogP contribution in [0.5, 0.6) is 0 Å². The maximum Gasteiger partial charge on any atom is 0.248 e. The molecule has 0 bridgehead atoms. The van der Waals surface area contributed by atoms with Gasteiger partial charge >= 0.3 is 0 Å². The zero-order valence-corrected chi connectivity index (χ0v) is 13.2. The van der Waals surface area contributed by atoms with Gasteiger partial charge in [0.2, 0.25) is 5.91 Å². The van der Waals surface area contributed by atoms with Crippen molar-refractivity contribution < 1.29 is 9.21 Å². The molecule has 1 saturated heterocycles.